The number of hydrogen-bond acceptors (Lipinski definition) is 3. The van der Waals surface area contributed by atoms with E-state index in [0.717, 1.165) is 32.4 Å². The maximum Gasteiger partial charge on any atom is 0.306 e. The number of rotatable bonds is 3. The van der Waals surface area contributed by atoms with Crippen LogP contribution in [0.4, 0.5) is 5.69 Å². The van der Waals surface area contributed by atoms with E-state index in [-0.39, 0.29) is 5.92 Å². The average molecular weight is 261 g/mol. The van der Waals surface area contributed by atoms with Gasteiger partial charge in [0.1, 0.15) is 6.73 Å². The van der Waals surface area contributed by atoms with Crippen molar-refractivity contribution in [1.29, 1.82) is 0 Å². The molecule has 3 rings (SSSR count). The van der Waals surface area contributed by atoms with Crippen LogP contribution >= 0.6 is 0 Å². The number of aliphatic carboxylic acids is 1. The summed E-state index contributed by atoms with van der Waals surface area (Å²) in [5.74, 6) is -0.449. The Labute approximate surface area is 113 Å². The smallest absolute Gasteiger partial charge is 0.306 e. The van der Waals surface area contributed by atoms with Crippen LogP contribution in [0.25, 0.3) is 0 Å². The molecule has 2 atom stereocenters. The van der Waals surface area contributed by atoms with Crippen LogP contribution in [-0.2, 0) is 9.53 Å². The lowest BCUT2D eigenvalue weighted by Gasteiger charge is -2.23. The molecule has 102 valence electrons. The van der Waals surface area contributed by atoms with Gasteiger partial charge < -0.3 is 14.7 Å². The number of nitrogens with zero attached hydrogens (tertiary/aromatic N) is 1. The average Bonchev–Trinajstić information content (AvgIpc) is 3.10. The standard InChI is InChI=1S/C15H19NO3/c17-15(18)12-6-5-11(9-12)13-3-1-2-4-14(13)16-7-8-19-10-16/h1-4,11-12H,5-10H2,(H,17,18). The van der Waals surface area contributed by atoms with Crippen LogP contribution in [0.15, 0.2) is 24.3 Å². The number of benzene rings is 1. The number of ether oxygens (including phenoxy) is 1. The van der Waals surface area contributed by atoms with E-state index >= 15 is 0 Å². The van der Waals surface area contributed by atoms with Crippen LogP contribution < -0.4 is 4.90 Å². The van der Waals surface area contributed by atoms with E-state index in [0.29, 0.717) is 12.6 Å². The lowest BCUT2D eigenvalue weighted by molar-refractivity contribution is -0.141. The van der Waals surface area contributed by atoms with E-state index in [1.165, 1.54) is 11.3 Å². The van der Waals surface area contributed by atoms with Gasteiger partial charge in [-0.1, -0.05) is 18.2 Å². The van der Waals surface area contributed by atoms with Crippen LogP contribution in [-0.4, -0.2) is 31.0 Å². The molecule has 2 aliphatic rings. The first-order valence-corrected chi connectivity index (χ1v) is 6.90. The lowest BCUT2D eigenvalue weighted by atomic mass is 9.94. The first kappa shape index (κ1) is 12.5. The second-order valence-corrected chi connectivity index (χ2v) is 5.40. The molecule has 0 aromatic heterocycles. The Morgan fingerprint density at radius 1 is 1.32 bits per heavy atom. The van der Waals surface area contributed by atoms with E-state index < -0.39 is 5.97 Å². The molecule has 1 heterocycles. The SMILES string of the molecule is O=C(O)C1CCC(c2ccccc2N2CCOC2)C1. The Balaban J connectivity index is 1.83. The molecule has 1 aromatic rings. The predicted octanol–water partition coefficient (Wildman–Crippen LogP) is 2.45. The fourth-order valence-electron chi connectivity index (χ4n) is 3.21. The largest absolute Gasteiger partial charge is 0.481 e. The van der Waals surface area contributed by atoms with Crippen molar-refractivity contribution in [1.82, 2.24) is 0 Å². The van der Waals surface area contributed by atoms with Crippen LogP contribution in [0.2, 0.25) is 0 Å². The Hall–Kier alpha value is -1.55. The summed E-state index contributed by atoms with van der Waals surface area (Å²) in [7, 11) is 0. The number of carboxylic acid groups (broad SMARTS) is 1. The Morgan fingerprint density at radius 3 is 2.84 bits per heavy atom. The predicted molar refractivity (Wildman–Crippen MR) is 72.3 cm³/mol. The molecule has 1 saturated heterocycles. The third-order valence-corrected chi connectivity index (χ3v) is 4.25. The van der Waals surface area contributed by atoms with Gasteiger partial charge in [0.05, 0.1) is 12.5 Å². The first-order valence-electron chi connectivity index (χ1n) is 6.90. The van der Waals surface area contributed by atoms with Gasteiger partial charge in [-0.15, -0.1) is 0 Å². The molecule has 0 radical (unpaired) electrons. The van der Waals surface area contributed by atoms with E-state index in [1.54, 1.807) is 0 Å². The number of carbonyl (C=O) groups is 1. The van der Waals surface area contributed by atoms with Crippen molar-refractivity contribution in [3.8, 4) is 0 Å². The molecule has 0 spiro atoms. The molecule has 19 heavy (non-hydrogen) atoms. The summed E-state index contributed by atoms with van der Waals surface area (Å²) in [5.41, 5.74) is 2.51. The molecule has 0 amide bonds. The highest BCUT2D eigenvalue weighted by atomic mass is 16.5. The van der Waals surface area contributed by atoms with Crippen molar-refractivity contribution in [3.63, 3.8) is 0 Å². The van der Waals surface area contributed by atoms with Crippen molar-refractivity contribution < 1.29 is 14.6 Å². The maximum absolute atomic E-state index is 11.1. The monoisotopic (exact) mass is 261 g/mol. The highest BCUT2D eigenvalue weighted by Gasteiger charge is 2.32. The maximum atomic E-state index is 11.1. The normalized spacial score (nSPS) is 26.8. The Kier molecular flexibility index (Phi) is 3.42. The van der Waals surface area contributed by atoms with Crippen molar-refractivity contribution in [2.24, 2.45) is 5.92 Å². The molecular weight excluding hydrogens is 242 g/mol. The molecule has 4 heteroatoms. The quantitative estimate of drug-likeness (QED) is 0.908. The lowest BCUT2D eigenvalue weighted by Crippen LogP contribution is -2.20. The minimum absolute atomic E-state index is 0.173. The van der Waals surface area contributed by atoms with Crippen molar-refractivity contribution in [3.05, 3.63) is 29.8 Å². The summed E-state index contributed by atoms with van der Waals surface area (Å²) in [4.78, 5) is 13.3. The molecule has 2 unspecified atom stereocenters. The molecule has 1 N–H and O–H groups in total. The number of para-hydroxylation sites is 1. The minimum atomic E-state index is -0.649. The molecule has 1 saturated carbocycles. The zero-order valence-electron chi connectivity index (χ0n) is 10.9. The fraction of sp³-hybridized carbons (Fsp3) is 0.533. The molecule has 1 aromatic carbocycles. The van der Waals surface area contributed by atoms with Gasteiger partial charge in [-0.3, -0.25) is 4.79 Å². The summed E-state index contributed by atoms with van der Waals surface area (Å²) >= 11 is 0. The van der Waals surface area contributed by atoms with E-state index in [1.807, 2.05) is 12.1 Å². The van der Waals surface area contributed by atoms with Gasteiger partial charge in [0.2, 0.25) is 0 Å². The Bertz CT molecular complexity index is 468. The van der Waals surface area contributed by atoms with Crippen LogP contribution in [0.3, 0.4) is 0 Å². The summed E-state index contributed by atoms with van der Waals surface area (Å²) in [6, 6.07) is 8.35. The van der Waals surface area contributed by atoms with E-state index in [2.05, 4.69) is 17.0 Å². The summed E-state index contributed by atoms with van der Waals surface area (Å²) in [6.07, 6.45) is 2.54. The summed E-state index contributed by atoms with van der Waals surface area (Å²) < 4.78 is 5.42. The summed E-state index contributed by atoms with van der Waals surface area (Å²) in [6.45, 7) is 2.34. The van der Waals surface area contributed by atoms with E-state index in [4.69, 9.17) is 9.84 Å². The minimum Gasteiger partial charge on any atom is -0.481 e. The zero-order chi connectivity index (χ0) is 13.2. The van der Waals surface area contributed by atoms with Crippen molar-refractivity contribution in [2.75, 3.05) is 24.8 Å². The number of carboxylic acids is 1. The third-order valence-electron chi connectivity index (χ3n) is 4.25. The molecular formula is C15H19NO3. The number of hydrogen-bond donors (Lipinski definition) is 1. The topological polar surface area (TPSA) is 49.8 Å². The molecule has 1 aliphatic heterocycles. The van der Waals surface area contributed by atoms with Crippen LogP contribution in [0.5, 0.6) is 0 Å². The molecule has 0 bridgehead atoms. The van der Waals surface area contributed by atoms with Gasteiger partial charge in [0.25, 0.3) is 0 Å². The van der Waals surface area contributed by atoms with Crippen LogP contribution in [0, 0.1) is 5.92 Å². The fourth-order valence-corrected chi connectivity index (χ4v) is 3.21. The van der Waals surface area contributed by atoms with Crippen LogP contribution in [0.1, 0.15) is 30.7 Å². The number of anilines is 1. The van der Waals surface area contributed by atoms with Gasteiger partial charge in [0, 0.05) is 12.2 Å². The highest BCUT2D eigenvalue weighted by Crippen LogP contribution is 2.42. The van der Waals surface area contributed by atoms with Gasteiger partial charge in [0.15, 0.2) is 0 Å². The van der Waals surface area contributed by atoms with E-state index in [9.17, 15) is 4.79 Å². The van der Waals surface area contributed by atoms with Crippen molar-refractivity contribution in [2.45, 2.75) is 25.2 Å². The van der Waals surface area contributed by atoms with Gasteiger partial charge in [-0.25, -0.2) is 0 Å². The van der Waals surface area contributed by atoms with Gasteiger partial charge in [-0.05, 0) is 36.8 Å². The second kappa shape index (κ2) is 5.21. The molecule has 4 nitrogen and oxygen atoms in total. The first-order chi connectivity index (χ1) is 9.25. The third kappa shape index (κ3) is 2.45. The van der Waals surface area contributed by atoms with Gasteiger partial charge in [-0.2, -0.15) is 0 Å². The van der Waals surface area contributed by atoms with Crippen molar-refractivity contribution >= 4 is 11.7 Å². The second-order valence-electron chi connectivity index (χ2n) is 5.40. The molecule has 2 fully saturated rings. The molecule has 1 aliphatic carbocycles. The van der Waals surface area contributed by atoms with Gasteiger partial charge >= 0.3 is 5.97 Å². The Morgan fingerprint density at radius 2 is 2.16 bits per heavy atom. The highest BCUT2D eigenvalue weighted by molar-refractivity contribution is 5.70. The summed E-state index contributed by atoms with van der Waals surface area (Å²) in [5, 5.41) is 9.13. The zero-order valence-corrected chi connectivity index (χ0v) is 10.9.